The minimum Gasteiger partial charge on any atom is -0.297 e. The van der Waals surface area contributed by atoms with Gasteiger partial charge in [0, 0.05) is 0 Å². The molecule has 0 bridgehead atoms. The van der Waals surface area contributed by atoms with Crippen LogP contribution in [0.4, 0.5) is 0 Å². The largest absolute Gasteiger partial charge is 0.297 e. The van der Waals surface area contributed by atoms with E-state index in [-0.39, 0.29) is 14.9 Å². The number of carbonyl (C=O) groups is 1. The fourth-order valence-electron chi connectivity index (χ4n) is 1.28. The van der Waals surface area contributed by atoms with E-state index in [1.165, 1.54) is 0 Å². The van der Waals surface area contributed by atoms with Gasteiger partial charge in [-0.2, -0.15) is 0 Å². The molecule has 1 nitrogen and oxygen atoms in total. The van der Waals surface area contributed by atoms with Gasteiger partial charge in [0.25, 0.3) is 0 Å². The third-order valence-electron chi connectivity index (χ3n) is 2.23. The molecule has 0 saturated heterocycles. The zero-order valence-corrected chi connectivity index (χ0v) is 13.0. The van der Waals surface area contributed by atoms with Crippen LogP contribution in [-0.2, 0) is 9.12 Å². The van der Waals surface area contributed by atoms with Crippen molar-refractivity contribution in [3.63, 3.8) is 0 Å². The molecule has 0 aliphatic heterocycles. The topological polar surface area (TPSA) is 17.1 Å². The Hall–Kier alpha value is 0.330. The molecule has 0 radical (unpaired) electrons. The van der Waals surface area contributed by atoms with Crippen LogP contribution in [0.25, 0.3) is 0 Å². The van der Waals surface area contributed by atoms with Crippen LogP contribution in [0, 0.1) is 0 Å². The molecule has 0 fully saturated rings. The lowest BCUT2D eigenvalue weighted by Crippen LogP contribution is -2.33. The van der Waals surface area contributed by atoms with Gasteiger partial charge >= 0.3 is 0 Å². The van der Waals surface area contributed by atoms with Gasteiger partial charge in [-0.1, -0.05) is 78.1 Å². The van der Waals surface area contributed by atoms with Gasteiger partial charge < -0.3 is 0 Å². The molecule has 1 rings (SSSR count). The van der Waals surface area contributed by atoms with Gasteiger partial charge in [0.15, 0.2) is 5.78 Å². The SMILES string of the molecule is CC(Br)(c1ccccc1)C(Br)C(=O)CBr. The van der Waals surface area contributed by atoms with Crippen molar-refractivity contribution in [2.45, 2.75) is 16.1 Å². The monoisotopic (exact) mass is 396 g/mol. The van der Waals surface area contributed by atoms with E-state index in [1.54, 1.807) is 0 Å². The van der Waals surface area contributed by atoms with Crippen molar-refractivity contribution in [1.82, 2.24) is 0 Å². The molecule has 2 unspecified atom stereocenters. The van der Waals surface area contributed by atoms with Gasteiger partial charge in [0.2, 0.25) is 0 Å². The van der Waals surface area contributed by atoms with Crippen LogP contribution in [0.3, 0.4) is 0 Å². The Morgan fingerprint density at radius 1 is 1.40 bits per heavy atom. The van der Waals surface area contributed by atoms with Crippen molar-refractivity contribution in [1.29, 1.82) is 0 Å². The summed E-state index contributed by atoms with van der Waals surface area (Å²) in [5, 5.41) is 0.358. The molecule has 0 amide bonds. The number of rotatable bonds is 4. The van der Waals surface area contributed by atoms with Crippen LogP contribution < -0.4 is 0 Å². The molecule has 0 aliphatic carbocycles. The Morgan fingerprint density at radius 3 is 2.40 bits per heavy atom. The fourth-order valence-corrected chi connectivity index (χ4v) is 2.98. The van der Waals surface area contributed by atoms with Crippen LogP contribution >= 0.6 is 47.8 Å². The first-order chi connectivity index (χ1) is 7.00. The summed E-state index contributed by atoms with van der Waals surface area (Å²) in [6.07, 6.45) is 0. The van der Waals surface area contributed by atoms with Crippen molar-refractivity contribution < 1.29 is 4.79 Å². The number of Topliss-reactive ketones (excluding diaryl/α,β-unsaturated/α-hetero) is 1. The Morgan fingerprint density at radius 2 is 1.93 bits per heavy atom. The molecule has 0 heterocycles. The average Bonchev–Trinajstić information content (AvgIpc) is 2.28. The summed E-state index contributed by atoms with van der Waals surface area (Å²) >= 11 is 10.2. The van der Waals surface area contributed by atoms with Crippen molar-refractivity contribution in [3.05, 3.63) is 35.9 Å². The van der Waals surface area contributed by atoms with Gasteiger partial charge in [0.1, 0.15) is 0 Å². The molecule has 0 aromatic heterocycles. The van der Waals surface area contributed by atoms with Gasteiger partial charge in [-0.15, -0.1) is 0 Å². The Labute approximate surface area is 115 Å². The van der Waals surface area contributed by atoms with Crippen LogP contribution in [0.5, 0.6) is 0 Å². The van der Waals surface area contributed by atoms with Gasteiger partial charge in [0.05, 0.1) is 14.5 Å². The summed E-state index contributed by atoms with van der Waals surface area (Å²) < 4.78 is -0.376. The molecular weight excluding hydrogens is 388 g/mol. The molecule has 0 N–H and O–H groups in total. The van der Waals surface area contributed by atoms with E-state index in [2.05, 4.69) is 47.8 Å². The van der Waals surface area contributed by atoms with E-state index in [1.807, 2.05) is 37.3 Å². The highest BCUT2D eigenvalue weighted by atomic mass is 79.9. The zero-order chi connectivity index (χ0) is 11.5. The van der Waals surface area contributed by atoms with Gasteiger partial charge in [-0.3, -0.25) is 4.79 Å². The first-order valence-electron chi connectivity index (χ1n) is 4.47. The van der Waals surface area contributed by atoms with E-state index in [9.17, 15) is 4.79 Å². The maximum Gasteiger partial charge on any atom is 0.158 e. The molecule has 82 valence electrons. The van der Waals surface area contributed by atoms with Gasteiger partial charge in [-0.05, 0) is 12.5 Å². The second-order valence-corrected chi connectivity index (χ2v) is 6.53. The first-order valence-corrected chi connectivity index (χ1v) is 7.30. The van der Waals surface area contributed by atoms with Crippen molar-refractivity contribution >= 4 is 53.6 Å². The summed E-state index contributed by atoms with van der Waals surface area (Å²) in [5.74, 6) is 0.123. The fraction of sp³-hybridized carbons (Fsp3) is 0.364. The van der Waals surface area contributed by atoms with Gasteiger partial charge in [-0.25, -0.2) is 0 Å². The van der Waals surface area contributed by atoms with E-state index in [4.69, 9.17) is 0 Å². The minimum atomic E-state index is -0.376. The third-order valence-corrected chi connectivity index (χ3v) is 5.74. The second kappa shape index (κ2) is 5.60. The molecule has 0 aliphatic rings. The number of alkyl halides is 3. The molecule has 1 aromatic carbocycles. The number of carbonyl (C=O) groups excluding carboxylic acids is 1. The highest BCUT2D eigenvalue weighted by Crippen LogP contribution is 2.38. The number of hydrogen-bond donors (Lipinski definition) is 0. The Balaban J connectivity index is 2.97. The normalized spacial score (nSPS) is 16.8. The lowest BCUT2D eigenvalue weighted by molar-refractivity contribution is -0.116. The highest BCUT2D eigenvalue weighted by Gasteiger charge is 2.35. The van der Waals surface area contributed by atoms with Crippen molar-refractivity contribution in [2.75, 3.05) is 5.33 Å². The smallest absolute Gasteiger partial charge is 0.158 e. The van der Waals surface area contributed by atoms with Crippen LogP contribution in [0.15, 0.2) is 30.3 Å². The highest BCUT2D eigenvalue weighted by molar-refractivity contribution is 9.12. The Bertz CT molecular complexity index is 335. The molecule has 0 spiro atoms. The summed E-state index contributed by atoms with van der Waals surface area (Å²) in [6, 6.07) is 9.90. The second-order valence-electron chi connectivity index (χ2n) is 3.40. The summed E-state index contributed by atoms with van der Waals surface area (Å²) in [4.78, 5) is 11.4. The van der Waals surface area contributed by atoms with Crippen molar-refractivity contribution in [2.24, 2.45) is 0 Å². The standard InChI is InChI=1S/C11H11Br3O/c1-11(14,10(13)9(15)7-12)8-5-3-2-4-6-8/h2-6,10H,7H2,1H3. The van der Waals surface area contributed by atoms with E-state index < -0.39 is 0 Å². The van der Waals surface area contributed by atoms with Crippen LogP contribution in [-0.4, -0.2) is 15.9 Å². The first kappa shape index (κ1) is 13.4. The lowest BCUT2D eigenvalue weighted by atomic mass is 9.96. The lowest BCUT2D eigenvalue weighted by Gasteiger charge is -2.27. The third kappa shape index (κ3) is 3.14. The summed E-state index contributed by atoms with van der Waals surface area (Å²) in [7, 11) is 0. The Kier molecular flexibility index (Phi) is 5.00. The zero-order valence-electron chi connectivity index (χ0n) is 8.21. The summed E-state index contributed by atoms with van der Waals surface area (Å²) in [6.45, 7) is 1.99. The van der Waals surface area contributed by atoms with E-state index in [0.717, 1.165) is 5.56 Å². The van der Waals surface area contributed by atoms with E-state index in [0.29, 0.717) is 5.33 Å². The minimum absolute atomic E-state index is 0.123. The predicted octanol–water partition coefficient (Wildman–Crippen LogP) is 4.02. The van der Waals surface area contributed by atoms with Crippen LogP contribution in [0.1, 0.15) is 12.5 Å². The van der Waals surface area contributed by atoms with Crippen LogP contribution in [0.2, 0.25) is 0 Å². The average molecular weight is 399 g/mol. The number of hydrogen-bond acceptors (Lipinski definition) is 1. The maximum absolute atomic E-state index is 11.6. The molecular formula is C11H11Br3O. The van der Waals surface area contributed by atoms with Crippen molar-refractivity contribution in [3.8, 4) is 0 Å². The predicted molar refractivity (Wildman–Crippen MR) is 74.2 cm³/mol. The molecule has 0 saturated carbocycles. The molecule has 4 heteroatoms. The quantitative estimate of drug-likeness (QED) is 0.700. The molecule has 15 heavy (non-hydrogen) atoms. The number of benzene rings is 1. The molecule has 1 aromatic rings. The maximum atomic E-state index is 11.6. The van der Waals surface area contributed by atoms with E-state index >= 15 is 0 Å². The molecule has 2 atom stereocenters. The number of halogens is 3. The summed E-state index contributed by atoms with van der Waals surface area (Å²) in [5.41, 5.74) is 1.08. The number of ketones is 1.